The molecular weight excluding hydrogens is 383 g/mol. The molecule has 3 aromatic heterocycles. The highest BCUT2D eigenvalue weighted by molar-refractivity contribution is 6.00. The van der Waals surface area contributed by atoms with Crippen molar-refractivity contribution in [2.75, 3.05) is 11.4 Å². The van der Waals surface area contributed by atoms with Gasteiger partial charge in [-0.2, -0.15) is 5.10 Å². The number of halogens is 1. The van der Waals surface area contributed by atoms with Crippen LogP contribution in [-0.2, 0) is 0 Å². The van der Waals surface area contributed by atoms with Crippen LogP contribution in [0.5, 0.6) is 0 Å². The third-order valence-electron chi connectivity index (χ3n) is 7.01. The first kappa shape index (κ1) is 17.6. The van der Waals surface area contributed by atoms with Crippen molar-refractivity contribution in [3.8, 4) is 0 Å². The van der Waals surface area contributed by atoms with Crippen molar-refractivity contribution >= 4 is 22.9 Å². The molecule has 3 aliphatic rings. The van der Waals surface area contributed by atoms with E-state index in [-0.39, 0.29) is 23.8 Å². The predicted octanol–water partition coefficient (Wildman–Crippen LogP) is 2.85. The number of piperidine rings is 1. The van der Waals surface area contributed by atoms with E-state index in [0.717, 1.165) is 17.9 Å². The first-order valence-corrected chi connectivity index (χ1v) is 10.2. The second kappa shape index (κ2) is 5.87. The molecule has 2 bridgehead atoms. The van der Waals surface area contributed by atoms with Crippen LogP contribution in [-0.4, -0.2) is 38.1 Å². The summed E-state index contributed by atoms with van der Waals surface area (Å²) in [6.07, 6.45) is 4.57. The second-order valence-electron chi connectivity index (χ2n) is 8.62. The fourth-order valence-electron chi connectivity index (χ4n) is 5.24. The molecule has 30 heavy (non-hydrogen) atoms. The van der Waals surface area contributed by atoms with Gasteiger partial charge in [-0.1, -0.05) is 13.5 Å². The minimum Gasteiger partial charge on any atom is -0.349 e. The average Bonchev–Trinajstić information content (AvgIpc) is 3.10. The monoisotopic (exact) mass is 404 g/mol. The van der Waals surface area contributed by atoms with Crippen molar-refractivity contribution in [2.24, 2.45) is 17.8 Å². The molecule has 7 nitrogen and oxygen atoms in total. The first-order valence-electron chi connectivity index (χ1n) is 10.2. The molecule has 5 atom stereocenters. The van der Waals surface area contributed by atoms with Gasteiger partial charge in [0.15, 0.2) is 5.65 Å². The van der Waals surface area contributed by atoms with E-state index >= 15 is 0 Å². The van der Waals surface area contributed by atoms with E-state index in [0.29, 0.717) is 40.2 Å². The number of hydrogen-bond acceptors (Lipinski definition) is 5. The number of nitrogens with zero attached hydrogens (tertiary/aromatic N) is 5. The summed E-state index contributed by atoms with van der Waals surface area (Å²) in [4.78, 5) is 24.4. The zero-order valence-corrected chi connectivity index (χ0v) is 16.7. The van der Waals surface area contributed by atoms with Crippen LogP contribution in [0.1, 0.15) is 41.5 Å². The maximum absolute atomic E-state index is 14.3. The molecule has 6 rings (SSSR count). The lowest BCUT2D eigenvalue weighted by atomic mass is 9.93. The van der Waals surface area contributed by atoms with Crippen LogP contribution in [0.15, 0.2) is 37.3 Å². The number of amides is 1. The summed E-state index contributed by atoms with van der Waals surface area (Å²) in [7, 11) is 0. The molecule has 0 unspecified atom stereocenters. The molecule has 8 heteroatoms. The number of hydrogen-bond donors (Lipinski definition) is 1. The quantitative estimate of drug-likeness (QED) is 0.624. The Balaban J connectivity index is 1.61. The number of aromatic nitrogens is 4. The van der Waals surface area contributed by atoms with Gasteiger partial charge in [-0.15, -0.1) is 0 Å². The smallest absolute Gasteiger partial charge is 0.257 e. The fourth-order valence-corrected chi connectivity index (χ4v) is 5.24. The summed E-state index contributed by atoms with van der Waals surface area (Å²) in [6, 6.07) is 3.05. The lowest BCUT2D eigenvalue weighted by molar-refractivity contribution is 0.0949. The number of pyridine rings is 1. The lowest BCUT2D eigenvalue weighted by Crippen LogP contribution is -2.35. The zero-order chi connectivity index (χ0) is 20.7. The van der Waals surface area contributed by atoms with Crippen LogP contribution < -0.4 is 10.2 Å². The first-order chi connectivity index (χ1) is 14.4. The number of carbonyl (C=O) groups excluding carboxylic acids is 1. The molecule has 0 radical (unpaired) electrons. The van der Waals surface area contributed by atoms with Gasteiger partial charge >= 0.3 is 0 Å². The van der Waals surface area contributed by atoms with Gasteiger partial charge in [0.05, 0.1) is 30.2 Å². The van der Waals surface area contributed by atoms with Crippen LogP contribution >= 0.6 is 0 Å². The van der Waals surface area contributed by atoms with E-state index < -0.39 is 0 Å². The highest BCUT2D eigenvalue weighted by Gasteiger charge is 2.60. The highest BCUT2D eigenvalue weighted by atomic mass is 19.1. The Kier molecular flexibility index (Phi) is 3.44. The van der Waals surface area contributed by atoms with E-state index in [9.17, 15) is 9.18 Å². The second-order valence-corrected chi connectivity index (χ2v) is 8.62. The summed E-state index contributed by atoms with van der Waals surface area (Å²) < 4.78 is 15.9. The summed E-state index contributed by atoms with van der Waals surface area (Å²) in [6.45, 7) is 9.16. The van der Waals surface area contributed by atoms with Gasteiger partial charge < -0.3 is 10.2 Å². The Hall–Kier alpha value is -3.29. The van der Waals surface area contributed by atoms with Gasteiger partial charge in [0, 0.05) is 18.3 Å². The summed E-state index contributed by atoms with van der Waals surface area (Å²) in [5.41, 5.74) is 3.05. The molecule has 1 saturated heterocycles. The molecule has 1 saturated carbocycles. The van der Waals surface area contributed by atoms with Crippen molar-refractivity contribution < 1.29 is 9.18 Å². The lowest BCUT2D eigenvalue weighted by Gasteiger charge is -2.32. The minimum atomic E-state index is -0.381. The largest absolute Gasteiger partial charge is 0.349 e. The Morgan fingerprint density at radius 1 is 1.30 bits per heavy atom. The fraction of sp³-hybridized carbons (Fsp3) is 0.364. The Bertz CT molecular complexity index is 1240. The van der Waals surface area contributed by atoms with Crippen LogP contribution in [0, 0.1) is 23.6 Å². The Morgan fingerprint density at radius 3 is 2.97 bits per heavy atom. The molecule has 1 amide bonds. The van der Waals surface area contributed by atoms with E-state index in [1.54, 1.807) is 10.6 Å². The minimum absolute atomic E-state index is 0.0383. The van der Waals surface area contributed by atoms with Gasteiger partial charge in [-0.25, -0.2) is 13.9 Å². The molecular formula is C22H21FN6O. The van der Waals surface area contributed by atoms with Gasteiger partial charge in [0.2, 0.25) is 0 Å². The molecule has 0 aromatic carbocycles. The Labute approximate surface area is 172 Å². The SMILES string of the molecule is C=C1c2ncc(F)cc2[C@H]2[C@@H]3[C@H](C)[C@@H]3CN2c2ccn3ncc(c3n2)C(=O)N[C@@H]1C. The average molecular weight is 404 g/mol. The zero-order valence-electron chi connectivity index (χ0n) is 16.7. The standard InChI is InChI=1S/C22H21FN6O/c1-10-12(3)26-22(30)15-8-25-29-5-4-17(27-21(15)29)28-9-16-11(2)18(16)20(28)14-6-13(23)7-24-19(10)14/h4-8,11-12,16,18,20H,1,9H2,2-3H3,(H,26,30)/t11-,12-,16+,18-,20+/m1/s1. The maximum atomic E-state index is 14.3. The van der Waals surface area contributed by atoms with Gasteiger partial charge in [0.25, 0.3) is 5.91 Å². The van der Waals surface area contributed by atoms with Crippen molar-refractivity contribution in [1.82, 2.24) is 24.9 Å². The van der Waals surface area contributed by atoms with Gasteiger partial charge in [-0.05, 0) is 42.4 Å². The number of carbonyl (C=O) groups is 1. The molecule has 1 aliphatic carbocycles. The van der Waals surface area contributed by atoms with E-state index in [4.69, 9.17) is 4.98 Å². The topological polar surface area (TPSA) is 75.4 Å². The van der Waals surface area contributed by atoms with Crippen LogP contribution in [0.25, 0.3) is 11.2 Å². The summed E-state index contributed by atoms with van der Waals surface area (Å²) in [5, 5.41) is 7.24. The molecule has 5 heterocycles. The van der Waals surface area contributed by atoms with E-state index in [1.807, 2.05) is 19.2 Å². The number of nitrogens with one attached hydrogen (secondary N) is 1. The van der Waals surface area contributed by atoms with Crippen molar-refractivity contribution in [2.45, 2.75) is 25.9 Å². The molecule has 0 spiro atoms. The molecule has 3 aromatic rings. The maximum Gasteiger partial charge on any atom is 0.257 e. The van der Waals surface area contributed by atoms with E-state index in [1.165, 1.54) is 12.4 Å². The summed E-state index contributed by atoms with van der Waals surface area (Å²) in [5.74, 6) is 1.62. The Morgan fingerprint density at radius 2 is 2.13 bits per heavy atom. The van der Waals surface area contributed by atoms with Crippen molar-refractivity contribution in [3.05, 3.63) is 59.9 Å². The third-order valence-corrected chi connectivity index (χ3v) is 7.01. The van der Waals surface area contributed by atoms with Crippen molar-refractivity contribution in [1.29, 1.82) is 0 Å². The normalized spacial score (nSPS) is 29.7. The van der Waals surface area contributed by atoms with Crippen LogP contribution in [0.3, 0.4) is 0 Å². The number of rotatable bonds is 0. The van der Waals surface area contributed by atoms with Gasteiger partial charge in [0.1, 0.15) is 17.2 Å². The van der Waals surface area contributed by atoms with Gasteiger partial charge in [-0.3, -0.25) is 9.78 Å². The van der Waals surface area contributed by atoms with Crippen LogP contribution in [0.2, 0.25) is 0 Å². The third kappa shape index (κ3) is 2.30. The van der Waals surface area contributed by atoms with E-state index in [2.05, 4.69) is 33.8 Å². The molecule has 2 fully saturated rings. The van der Waals surface area contributed by atoms with Crippen LogP contribution in [0.4, 0.5) is 10.2 Å². The number of anilines is 1. The molecule has 2 aliphatic heterocycles. The predicted molar refractivity (Wildman–Crippen MR) is 109 cm³/mol. The van der Waals surface area contributed by atoms with Crippen molar-refractivity contribution in [3.63, 3.8) is 0 Å². The highest BCUT2D eigenvalue weighted by Crippen LogP contribution is 2.62. The molecule has 1 N–H and O–H groups in total. The summed E-state index contributed by atoms with van der Waals surface area (Å²) >= 11 is 0. The number of fused-ring (bicyclic) bond motifs is 7. The molecule has 152 valence electrons.